The van der Waals surface area contributed by atoms with E-state index in [1.54, 1.807) is 29.7 Å². The highest BCUT2D eigenvalue weighted by atomic mass is 32.1. The predicted molar refractivity (Wildman–Crippen MR) is 86.9 cm³/mol. The van der Waals surface area contributed by atoms with Gasteiger partial charge in [-0.25, -0.2) is 0 Å². The topological polar surface area (TPSA) is 93.0 Å². The van der Waals surface area contributed by atoms with E-state index in [4.69, 9.17) is 9.15 Å². The van der Waals surface area contributed by atoms with Crippen molar-refractivity contribution in [3.05, 3.63) is 39.5 Å². The molecule has 4 rings (SSSR count). The first-order valence-corrected chi connectivity index (χ1v) is 8.36. The lowest BCUT2D eigenvalue weighted by Gasteiger charge is -2.18. The van der Waals surface area contributed by atoms with Crippen LogP contribution in [0.2, 0.25) is 0 Å². The number of aromatic amines is 1. The van der Waals surface area contributed by atoms with Crippen LogP contribution < -0.4 is 10.9 Å². The van der Waals surface area contributed by atoms with Gasteiger partial charge in [0.2, 0.25) is 5.13 Å². The molecule has 0 unspecified atom stereocenters. The van der Waals surface area contributed by atoms with Crippen LogP contribution in [0.15, 0.2) is 27.5 Å². The summed E-state index contributed by atoms with van der Waals surface area (Å²) in [4.78, 5) is 14.3. The second-order valence-corrected chi connectivity index (χ2v) is 6.49. The Morgan fingerprint density at radius 1 is 1.35 bits per heavy atom. The number of ether oxygens (including phenoxy) is 1. The van der Waals surface area contributed by atoms with Crippen molar-refractivity contribution in [2.75, 3.05) is 18.5 Å². The Bertz CT molecular complexity index is 863. The molecular weight excluding hydrogens is 316 g/mol. The minimum Gasteiger partial charge on any atom is -0.459 e. The Labute approximate surface area is 135 Å². The number of anilines is 1. The Morgan fingerprint density at radius 2 is 2.22 bits per heavy atom. The summed E-state index contributed by atoms with van der Waals surface area (Å²) in [5.74, 6) is 1.14. The molecule has 7 nitrogen and oxygen atoms in total. The van der Waals surface area contributed by atoms with Gasteiger partial charge >= 0.3 is 0 Å². The molecule has 8 heteroatoms. The first-order valence-electron chi connectivity index (χ1n) is 7.55. The number of pyridine rings is 1. The molecule has 0 saturated carbocycles. The fourth-order valence-electron chi connectivity index (χ4n) is 2.70. The van der Waals surface area contributed by atoms with Crippen molar-refractivity contribution in [1.29, 1.82) is 0 Å². The van der Waals surface area contributed by atoms with E-state index in [0.717, 1.165) is 36.2 Å². The average Bonchev–Trinajstić information content (AvgIpc) is 3.21. The third-order valence-corrected chi connectivity index (χ3v) is 4.97. The molecule has 0 bridgehead atoms. The molecule has 1 aliphatic rings. The zero-order chi connectivity index (χ0) is 15.6. The fraction of sp³-hybridized carbons (Fsp3) is 0.400. The van der Waals surface area contributed by atoms with Gasteiger partial charge in [0.15, 0.2) is 0 Å². The van der Waals surface area contributed by atoms with Crippen LogP contribution in [0.25, 0.3) is 11.0 Å². The van der Waals surface area contributed by atoms with E-state index in [1.165, 1.54) is 0 Å². The monoisotopic (exact) mass is 332 g/mol. The van der Waals surface area contributed by atoms with E-state index < -0.39 is 0 Å². The van der Waals surface area contributed by atoms with Gasteiger partial charge in [-0.15, -0.1) is 10.2 Å². The van der Waals surface area contributed by atoms with Crippen LogP contribution in [-0.4, -0.2) is 28.4 Å². The smallest absolute Gasteiger partial charge is 0.259 e. The minimum absolute atomic E-state index is 0.143. The molecule has 0 aliphatic carbocycles. The van der Waals surface area contributed by atoms with Crippen LogP contribution in [0, 0.1) is 0 Å². The normalized spacial score (nSPS) is 16.0. The van der Waals surface area contributed by atoms with E-state index >= 15 is 0 Å². The number of hydrogen-bond acceptors (Lipinski definition) is 7. The van der Waals surface area contributed by atoms with Crippen molar-refractivity contribution in [1.82, 2.24) is 15.2 Å². The zero-order valence-electron chi connectivity index (χ0n) is 12.4. The molecule has 0 spiro atoms. The molecule has 2 N–H and O–H groups in total. The first-order chi connectivity index (χ1) is 11.3. The van der Waals surface area contributed by atoms with Crippen LogP contribution in [0.5, 0.6) is 0 Å². The van der Waals surface area contributed by atoms with Crippen molar-refractivity contribution in [2.45, 2.75) is 25.3 Å². The van der Waals surface area contributed by atoms with E-state index in [9.17, 15) is 4.79 Å². The highest BCUT2D eigenvalue weighted by molar-refractivity contribution is 7.15. The highest BCUT2D eigenvalue weighted by Crippen LogP contribution is 2.31. The number of furan rings is 1. The third kappa shape index (κ3) is 2.99. The molecule has 4 heterocycles. The molecule has 0 aromatic carbocycles. The quantitative estimate of drug-likeness (QED) is 0.762. The molecule has 3 aromatic heterocycles. The summed E-state index contributed by atoms with van der Waals surface area (Å²) in [5, 5.41) is 14.0. The molecule has 120 valence electrons. The summed E-state index contributed by atoms with van der Waals surface area (Å²) in [6.07, 6.45) is 3.58. The van der Waals surface area contributed by atoms with E-state index in [2.05, 4.69) is 20.5 Å². The van der Waals surface area contributed by atoms with Crippen molar-refractivity contribution < 1.29 is 9.15 Å². The summed E-state index contributed by atoms with van der Waals surface area (Å²) >= 11 is 1.57. The van der Waals surface area contributed by atoms with Gasteiger partial charge in [0, 0.05) is 25.3 Å². The number of nitrogens with zero attached hydrogens (tertiary/aromatic N) is 2. The van der Waals surface area contributed by atoms with Crippen molar-refractivity contribution in [3.63, 3.8) is 0 Å². The molecule has 0 amide bonds. The Balaban J connectivity index is 1.45. The number of fused-ring (bicyclic) bond motifs is 1. The van der Waals surface area contributed by atoms with E-state index in [0.29, 0.717) is 29.2 Å². The summed E-state index contributed by atoms with van der Waals surface area (Å²) in [6, 6.07) is 3.50. The fourth-order valence-corrected chi connectivity index (χ4v) is 3.60. The van der Waals surface area contributed by atoms with Gasteiger partial charge < -0.3 is 19.5 Å². The summed E-state index contributed by atoms with van der Waals surface area (Å²) in [7, 11) is 0. The molecule has 1 aliphatic heterocycles. The Morgan fingerprint density at radius 3 is 3.04 bits per heavy atom. The molecular formula is C15H16N4O3S. The SMILES string of the molecule is O=c1[nH]ccc2oc(CNc3nnc(C4CCOCC4)s3)cc12. The number of hydrogen-bond donors (Lipinski definition) is 2. The van der Waals surface area contributed by atoms with Gasteiger partial charge in [0.05, 0.1) is 11.9 Å². The third-order valence-electron chi connectivity index (χ3n) is 3.93. The van der Waals surface area contributed by atoms with Crippen LogP contribution in [0.3, 0.4) is 0 Å². The average molecular weight is 332 g/mol. The first kappa shape index (κ1) is 14.4. The number of rotatable bonds is 4. The summed E-state index contributed by atoms with van der Waals surface area (Å²) in [6.45, 7) is 2.05. The van der Waals surface area contributed by atoms with Gasteiger partial charge in [0.25, 0.3) is 5.56 Å². The highest BCUT2D eigenvalue weighted by Gasteiger charge is 2.20. The van der Waals surface area contributed by atoms with Crippen LogP contribution in [-0.2, 0) is 11.3 Å². The lowest BCUT2D eigenvalue weighted by atomic mass is 10.0. The molecule has 1 fully saturated rings. The van der Waals surface area contributed by atoms with Gasteiger partial charge in [-0.1, -0.05) is 11.3 Å². The van der Waals surface area contributed by atoms with Gasteiger partial charge in [-0.2, -0.15) is 0 Å². The maximum Gasteiger partial charge on any atom is 0.259 e. The van der Waals surface area contributed by atoms with Crippen LogP contribution in [0.4, 0.5) is 5.13 Å². The standard InChI is InChI=1S/C15H16N4O3S/c20-13-11-7-10(22-12(11)1-4-16-13)8-17-15-19-18-14(23-15)9-2-5-21-6-3-9/h1,4,7,9H,2-3,5-6,8H2,(H,16,20)(H,17,19). The second-order valence-electron chi connectivity index (χ2n) is 5.48. The summed E-state index contributed by atoms with van der Waals surface area (Å²) in [5.41, 5.74) is 0.445. The lowest BCUT2D eigenvalue weighted by Crippen LogP contribution is -2.13. The van der Waals surface area contributed by atoms with Crippen molar-refractivity contribution in [3.8, 4) is 0 Å². The number of H-pyrrole nitrogens is 1. The molecule has 3 aromatic rings. The van der Waals surface area contributed by atoms with Gasteiger partial charge in [-0.05, 0) is 25.0 Å². The number of aromatic nitrogens is 3. The van der Waals surface area contributed by atoms with Crippen LogP contribution in [0.1, 0.15) is 29.5 Å². The molecule has 0 atom stereocenters. The predicted octanol–water partition coefficient (Wildman–Crippen LogP) is 2.48. The zero-order valence-corrected chi connectivity index (χ0v) is 13.2. The maximum absolute atomic E-state index is 11.7. The second kappa shape index (κ2) is 6.13. The molecule has 23 heavy (non-hydrogen) atoms. The molecule has 1 saturated heterocycles. The van der Waals surface area contributed by atoms with Gasteiger partial charge in [0.1, 0.15) is 16.4 Å². The van der Waals surface area contributed by atoms with Crippen molar-refractivity contribution >= 4 is 27.4 Å². The van der Waals surface area contributed by atoms with Crippen LogP contribution >= 0.6 is 11.3 Å². The van der Waals surface area contributed by atoms with Crippen molar-refractivity contribution in [2.24, 2.45) is 0 Å². The lowest BCUT2D eigenvalue weighted by molar-refractivity contribution is 0.0851. The summed E-state index contributed by atoms with van der Waals surface area (Å²) < 4.78 is 11.0. The Hall–Kier alpha value is -2.19. The number of nitrogens with one attached hydrogen (secondary N) is 2. The van der Waals surface area contributed by atoms with E-state index in [1.807, 2.05) is 0 Å². The Kier molecular flexibility index (Phi) is 3.84. The largest absolute Gasteiger partial charge is 0.459 e. The van der Waals surface area contributed by atoms with E-state index in [-0.39, 0.29) is 5.56 Å². The maximum atomic E-state index is 11.7. The molecule has 0 radical (unpaired) electrons. The minimum atomic E-state index is -0.143. The van der Waals surface area contributed by atoms with Gasteiger partial charge in [-0.3, -0.25) is 4.79 Å².